The maximum atomic E-state index is 11.5. The zero-order chi connectivity index (χ0) is 22.2. The molecule has 2 N–H and O–H groups in total. The van der Waals surface area contributed by atoms with E-state index in [9.17, 15) is 4.79 Å². The summed E-state index contributed by atoms with van der Waals surface area (Å²) in [5, 5.41) is 4.33. The third-order valence-electron chi connectivity index (χ3n) is 6.78. The lowest BCUT2D eigenvalue weighted by molar-refractivity contribution is 0.0255. The van der Waals surface area contributed by atoms with E-state index < -0.39 is 0 Å². The molecule has 0 saturated carbocycles. The van der Waals surface area contributed by atoms with Crippen LogP contribution in [0.25, 0.3) is 10.1 Å². The van der Waals surface area contributed by atoms with Crippen LogP contribution < -0.4 is 10.6 Å². The average Bonchev–Trinajstić information content (AvgIpc) is 3.23. The SMILES string of the molecule is C[C@@H]1CN(c2csc3c(Cl)cccc23)CCN1CC[C@@H]1OCCc2cc(C(N)=O)ccc21. The van der Waals surface area contributed by atoms with Crippen LogP contribution in [-0.4, -0.2) is 49.6 Å². The van der Waals surface area contributed by atoms with E-state index in [0.29, 0.717) is 18.2 Å². The van der Waals surface area contributed by atoms with Crippen LogP contribution in [0.2, 0.25) is 5.02 Å². The number of halogens is 1. The van der Waals surface area contributed by atoms with Crippen LogP contribution in [0.15, 0.2) is 41.8 Å². The topological polar surface area (TPSA) is 58.8 Å². The van der Waals surface area contributed by atoms with E-state index in [1.165, 1.54) is 26.9 Å². The molecule has 0 aliphatic carbocycles. The number of thiophene rings is 1. The van der Waals surface area contributed by atoms with Crippen LogP contribution >= 0.6 is 22.9 Å². The first-order valence-corrected chi connectivity index (χ1v) is 12.5. The molecule has 7 heteroatoms. The smallest absolute Gasteiger partial charge is 0.248 e. The number of hydrogen-bond acceptors (Lipinski definition) is 5. The highest BCUT2D eigenvalue weighted by Gasteiger charge is 2.28. The minimum atomic E-state index is -0.372. The Kier molecular flexibility index (Phi) is 6.12. The normalized spacial score (nSPS) is 21.6. The number of fused-ring (bicyclic) bond motifs is 2. The van der Waals surface area contributed by atoms with E-state index in [1.807, 2.05) is 30.3 Å². The van der Waals surface area contributed by atoms with Gasteiger partial charge in [0.15, 0.2) is 0 Å². The fourth-order valence-corrected chi connectivity index (χ4v) is 6.31. The van der Waals surface area contributed by atoms with Crippen LogP contribution in [0.5, 0.6) is 0 Å². The van der Waals surface area contributed by atoms with Crippen LogP contribution in [0.3, 0.4) is 0 Å². The predicted octanol–water partition coefficient (Wildman–Crippen LogP) is 4.87. The second-order valence-electron chi connectivity index (χ2n) is 8.74. The largest absolute Gasteiger partial charge is 0.373 e. The summed E-state index contributed by atoms with van der Waals surface area (Å²) in [4.78, 5) is 16.6. The van der Waals surface area contributed by atoms with Gasteiger partial charge in [-0.05, 0) is 49.1 Å². The summed E-state index contributed by atoms with van der Waals surface area (Å²) in [6, 6.07) is 12.4. The molecule has 3 aromatic rings. The summed E-state index contributed by atoms with van der Waals surface area (Å²) in [6.45, 7) is 7.03. The van der Waals surface area contributed by atoms with Crippen molar-refractivity contribution in [1.82, 2.24) is 4.90 Å². The standard InChI is InChI=1S/C25H28ClN3O2S/c1-16-14-29(22-15-32-24-20(22)3-2-4-21(24)26)11-10-28(16)9-7-23-19-6-5-18(25(27)30)13-17(19)8-12-31-23/h2-6,13,15-16,23H,7-12,14H2,1H3,(H2,27,30)/t16-,23+/m1/s1. The molecule has 2 aliphatic heterocycles. The van der Waals surface area contributed by atoms with E-state index in [0.717, 1.165) is 44.0 Å². The van der Waals surface area contributed by atoms with Crippen LogP contribution in [-0.2, 0) is 11.2 Å². The molecule has 0 unspecified atom stereocenters. The van der Waals surface area contributed by atoms with E-state index in [-0.39, 0.29) is 12.0 Å². The van der Waals surface area contributed by atoms with Gasteiger partial charge in [0.2, 0.25) is 5.91 Å². The molecule has 1 saturated heterocycles. The van der Waals surface area contributed by atoms with Gasteiger partial charge in [-0.1, -0.05) is 29.8 Å². The van der Waals surface area contributed by atoms with E-state index in [2.05, 4.69) is 28.2 Å². The summed E-state index contributed by atoms with van der Waals surface area (Å²) in [5.74, 6) is -0.372. The van der Waals surface area contributed by atoms with Crippen molar-refractivity contribution in [3.63, 3.8) is 0 Å². The van der Waals surface area contributed by atoms with Crippen molar-refractivity contribution >= 4 is 44.6 Å². The average molecular weight is 470 g/mol. The number of carbonyl (C=O) groups excluding carboxylic acids is 1. The molecule has 2 atom stereocenters. The lowest BCUT2D eigenvalue weighted by atomic mass is 9.93. The number of nitrogens with zero attached hydrogens (tertiary/aromatic N) is 2. The first-order chi connectivity index (χ1) is 15.5. The van der Waals surface area contributed by atoms with Crippen LogP contribution in [0.4, 0.5) is 5.69 Å². The predicted molar refractivity (Wildman–Crippen MR) is 132 cm³/mol. The summed E-state index contributed by atoms with van der Waals surface area (Å²) >= 11 is 8.11. The van der Waals surface area contributed by atoms with Crippen molar-refractivity contribution in [1.29, 1.82) is 0 Å². The number of benzene rings is 2. The molecule has 0 radical (unpaired) electrons. The molecule has 32 heavy (non-hydrogen) atoms. The fraction of sp³-hybridized carbons (Fsp3) is 0.400. The van der Waals surface area contributed by atoms with Crippen molar-refractivity contribution < 1.29 is 9.53 Å². The lowest BCUT2D eigenvalue weighted by Crippen LogP contribution is -2.52. The Hall–Kier alpha value is -2.12. The number of amides is 1. The van der Waals surface area contributed by atoms with Gasteiger partial charge in [0.05, 0.1) is 28.1 Å². The minimum Gasteiger partial charge on any atom is -0.373 e. The quantitative estimate of drug-likeness (QED) is 0.579. The third kappa shape index (κ3) is 4.13. The zero-order valence-electron chi connectivity index (χ0n) is 18.2. The van der Waals surface area contributed by atoms with Gasteiger partial charge >= 0.3 is 0 Å². The maximum Gasteiger partial charge on any atom is 0.248 e. The number of rotatable bonds is 5. The molecule has 0 spiro atoms. The van der Waals surface area contributed by atoms with Crippen molar-refractivity contribution in [3.05, 3.63) is 63.5 Å². The maximum absolute atomic E-state index is 11.5. The Bertz CT molecular complexity index is 1150. The molecule has 3 heterocycles. The van der Waals surface area contributed by atoms with Gasteiger partial charge in [0.25, 0.3) is 0 Å². The van der Waals surface area contributed by atoms with Crippen LogP contribution in [0, 0.1) is 0 Å². The van der Waals surface area contributed by atoms with Crippen LogP contribution in [0.1, 0.15) is 40.9 Å². The fourth-order valence-electron chi connectivity index (χ4n) is 5.01. The Morgan fingerprint density at radius 2 is 2.16 bits per heavy atom. The first kappa shape index (κ1) is 21.7. The van der Waals surface area contributed by atoms with Crippen molar-refractivity contribution in [2.75, 3.05) is 37.7 Å². The second kappa shape index (κ2) is 9.02. The van der Waals surface area contributed by atoms with E-state index in [1.54, 1.807) is 11.3 Å². The Morgan fingerprint density at radius 1 is 1.28 bits per heavy atom. The number of hydrogen-bond donors (Lipinski definition) is 1. The van der Waals surface area contributed by atoms with Gasteiger partial charge in [-0.2, -0.15) is 0 Å². The molecule has 0 bridgehead atoms. The minimum absolute atomic E-state index is 0.0777. The van der Waals surface area contributed by atoms with E-state index >= 15 is 0 Å². The van der Waals surface area contributed by atoms with Gasteiger partial charge in [0, 0.05) is 48.6 Å². The number of nitrogens with two attached hydrogens (primary N) is 1. The van der Waals surface area contributed by atoms with Gasteiger partial charge in [-0.3, -0.25) is 9.69 Å². The molecule has 5 nitrogen and oxygen atoms in total. The molecule has 168 valence electrons. The van der Waals surface area contributed by atoms with Gasteiger partial charge < -0.3 is 15.4 Å². The number of ether oxygens (including phenoxy) is 1. The Morgan fingerprint density at radius 3 is 2.97 bits per heavy atom. The lowest BCUT2D eigenvalue weighted by Gasteiger charge is -2.41. The van der Waals surface area contributed by atoms with E-state index in [4.69, 9.17) is 22.1 Å². The molecular formula is C25H28ClN3O2S. The van der Waals surface area contributed by atoms with Crippen molar-refractivity contribution in [2.45, 2.75) is 31.9 Å². The molecular weight excluding hydrogens is 442 g/mol. The summed E-state index contributed by atoms with van der Waals surface area (Å²) in [7, 11) is 0. The molecule has 1 fully saturated rings. The number of carbonyl (C=O) groups is 1. The molecule has 1 amide bonds. The van der Waals surface area contributed by atoms with Crippen molar-refractivity contribution in [2.24, 2.45) is 5.73 Å². The zero-order valence-corrected chi connectivity index (χ0v) is 19.8. The summed E-state index contributed by atoms with van der Waals surface area (Å²) < 4.78 is 7.28. The molecule has 1 aromatic heterocycles. The van der Waals surface area contributed by atoms with Gasteiger partial charge in [-0.25, -0.2) is 0 Å². The Labute approximate surface area is 197 Å². The second-order valence-corrected chi connectivity index (χ2v) is 10.0. The molecule has 2 aromatic carbocycles. The third-order valence-corrected chi connectivity index (χ3v) is 8.22. The highest BCUT2D eigenvalue weighted by molar-refractivity contribution is 7.18. The number of piperazine rings is 1. The number of primary amides is 1. The number of anilines is 1. The Balaban J connectivity index is 1.23. The summed E-state index contributed by atoms with van der Waals surface area (Å²) in [5.41, 5.74) is 9.73. The molecule has 5 rings (SSSR count). The van der Waals surface area contributed by atoms with Crippen molar-refractivity contribution in [3.8, 4) is 0 Å². The molecule has 2 aliphatic rings. The van der Waals surface area contributed by atoms with Gasteiger partial charge in [0.1, 0.15) is 0 Å². The highest BCUT2D eigenvalue weighted by atomic mass is 35.5. The summed E-state index contributed by atoms with van der Waals surface area (Å²) in [6.07, 6.45) is 1.86. The highest BCUT2D eigenvalue weighted by Crippen LogP contribution is 2.38. The van der Waals surface area contributed by atoms with Gasteiger partial charge in [-0.15, -0.1) is 11.3 Å². The monoisotopic (exact) mass is 469 g/mol. The first-order valence-electron chi connectivity index (χ1n) is 11.2.